The normalized spacial score (nSPS) is 18.1. The Bertz CT molecular complexity index is 394. The minimum Gasteiger partial charge on any atom is -0.491 e. The van der Waals surface area contributed by atoms with Gasteiger partial charge >= 0.3 is 0 Å². The molecule has 1 N–H and O–H groups in total. The molecule has 0 heterocycles. The molecule has 1 aromatic rings. The molecule has 2 heteroatoms. The van der Waals surface area contributed by atoms with Crippen molar-refractivity contribution in [3.63, 3.8) is 0 Å². The Morgan fingerprint density at radius 1 is 1.15 bits per heavy atom. The highest BCUT2D eigenvalue weighted by Crippen LogP contribution is 2.34. The number of nitrogens with one attached hydrogen (secondary N) is 1. The molecule has 0 spiro atoms. The van der Waals surface area contributed by atoms with E-state index in [9.17, 15) is 0 Å². The molecule has 2 nitrogen and oxygen atoms in total. The van der Waals surface area contributed by atoms with Crippen LogP contribution in [0.2, 0.25) is 0 Å². The van der Waals surface area contributed by atoms with Crippen molar-refractivity contribution < 1.29 is 4.74 Å². The molecule has 0 radical (unpaired) electrons. The second kappa shape index (κ2) is 7.12. The molecule has 1 aliphatic rings. The van der Waals surface area contributed by atoms with Crippen molar-refractivity contribution in [3.8, 4) is 5.75 Å². The van der Waals surface area contributed by atoms with Gasteiger partial charge in [0.1, 0.15) is 5.75 Å². The van der Waals surface area contributed by atoms with Crippen molar-refractivity contribution in [1.82, 2.24) is 5.32 Å². The van der Waals surface area contributed by atoms with Crippen LogP contribution in [0.25, 0.3) is 0 Å². The van der Waals surface area contributed by atoms with E-state index < -0.39 is 0 Å². The fourth-order valence-electron chi connectivity index (χ4n) is 2.67. The van der Waals surface area contributed by atoms with Crippen LogP contribution in [0.1, 0.15) is 65.0 Å². The average Bonchev–Trinajstić information content (AvgIpc) is 3.22. The van der Waals surface area contributed by atoms with E-state index in [0.29, 0.717) is 12.1 Å². The Labute approximate surface area is 123 Å². The molecule has 0 amide bonds. The molecule has 2 rings (SSSR count). The predicted molar refractivity (Wildman–Crippen MR) is 85.2 cm³/mol. The molecular formula is C18H29NO. The first-order chi connectivity index (χ1) is 9.58. The number of benzene rings is 1. The van der Waals surface area contributed by atoms with Gasteiger partial charge in [-0.25, -0.2) is 0 Å². The summed E-state index contributed by atoms with van der Waals surface area (Å²) in [5, 5.41) is 3.77. The first kappa shape index (κ1) is 15.4. The van der Waals surface area contributed by atoms with Crippen LogP contribution in [-0.2, 0) is 0 Å². The van der Waals surface area contributed by atoms with Gasteiger partial charge in [-0.1, -0.05) is 31.9 Å². The minimum atomic E-state index is 0.236. The van der Waals surface area contributed by atoms with Crippen molar-refractivity contribution in [2.24, 2.45) is 5.92 Å². The highest BCUT2D eigenvalue weighted by Gasteiger charge is 2.25. The third-order valence-electron chi connectivity index (χ3n) is 4.05. The van der Waals surface area contributed by atoms with E-state index in [1.807, 2.05) is 0 Å². The first-order valence-corrected chi connectivity index (χ1v) is 8.11. The van der Waals surface area contributed by atoms with Gasteiger partial charge in [0, 0.05) is 12.1 Å². The molecule has 0 bridgehead atoms. The van der Waals surface area contributed by atoms with Gasteiger partial charge in [0.15, 0.2) is 0 Å². The third kappa shape index (κ3) is 4.82. The second-order valence-electron chi connectivity index (χ2n) is 6.41. The van der Waals surface area contributed by atoms with E-state index in [1.54, 1.807) is 0 Å². The van der Waals surface area contributed by atoms with E-state index in [0.717, 1.165) is 11.7 Å². The molecule has 1 fully saturated rings. The lowest BCUT2D eigenvalue weighted by atomic mass is 10.0. The molecule has 1 aromatic carbocycles. The van der Waals surface area contributed by atoms with Crippen LogP contribution in [0, 0.1) is 5.92 Å². The standard InChI is InChI=1S/C18H29NO/c1-5-17(12-15-6-7-15)19-14(4)16-8-10-18(11-9-16)20-13(2)3/h8-11,13-15,17,19H,5-7,12H2,1-4H3. The number of ether oxygens (including phenoxy) is 1. The van der Waals surface area contributed by atoms with Gasteiger partial charge in [0.2, 0.25) is 0 Å². The molecule has 112 valence electrons. The van der Waals surface area contributed by atoms with E-state index in [2.05, 4.69) is 57.3 Å². The Kier molecular flexibility index (Phi) is 5.47. The summed E-state index contributed by atoms with van der Waals surface area (Å²) >= 11 is 0. The Balaban J connectivity index is 1.88. The lowest BCUT2D eigenvalue weighted by molar-refractivity contribution is 0.242. The van der Waals surface area contributed by atoms with E-state index in [1.165, 1.54) is 31.2 Å². The van der Waals surface area contributed by atoms with E-state index in [4.69, 9.17) is 4.74 Å². The van der Waals surface area contributed by atoms with Crippen LogP contribution in [-0.4, -0.2) is 12.1 Å². The zero-order chi connectivity index (χ0) is 14.5. The van der Waals surface area contributed by atoms with Gasteiger partial charge in [0.05, 0.1) is 6.10 Å². The Morgan fingerprint density at radius 3 is 2.30 bits per heavy atom. The number of hydrogen-bond acceptors (Lipinski definition) is 2. The van der Waals surface area contributed by atoms with Gasteiger partial charge in [-0.15, -0.1) is 0 Å². The predicted octanol–water partition coefficient (Wildman–Crippen LogP) is 4.70. The molecule has 1 saturated carbocycles. The van der Waals surface area contributed by atoms with Crippen molar-refractivity contribution in [1.29, 1.82) is 0 Å². The molecule has 2 unspecified atom stereocenters. The summed E-state index contributed by atoms with van der Waals surface area (Å²) < 4.78 is 5.69. The Morgan fingerprint density at radius 2 is 1.80 bits per heavy atom. The van der Waals surface area contributed by atoms with Crippen molar-refractivity contribution in [2.75, 3.05) is 0 Å². The quantitative estimate of drug-likeness (QED) is 0.742. The second-order valence-corrected chi connectivity index (χ2v) is 6.41. The highest BCUT2D eigenvalue weighted by atomic mass is 16.5. The zero-order valence-corrected chi connectivity index (χ0v) is 13.4. The van der Waals surface area contributed by atoms with Crippen LogP contribution >= 0.6 is 0 Å². The van der Waals surface area contributed by atoms with Gasteiger partial charge in [-0.3, -0.25) is 0 Å². The summed E-state index contributed by atoms with van der Waals surface area (Å²) in [4.78, 5) is 0. The van der Waals surface area contributed by atoms with Crippen LogP contribution < -0.4 is 10.1 Å². The van der Waals surface area contributed by atoms with Gasteiger partial charge in [-0.2, -0.15) is 0 Å². The summed E-state index contributed by atoms with van der Waals surface area (Å²) in [5.74, 6) is 1.95. The zero-order valence-electron chi connectivity index (χ0n) is 13.4. The summed E-state index contributed by atoms with van der Waals surface area (Å²) in [6.07, 6.45) is 5.67. The lowest BCUT2D eigenvalue weighted by Crippen LogP contribution is -2.31. The Hall–Kier alpha value is -1.02. The largest absolute Gasteiger partial charge is 0.491 e. The fourth-order valence-corrected chi connectivity index (χ4v) is 2.67. The van der Waals surface area contributed by atoms with Crippen LogP contribution in [0.15, 0.2) is 24.3 Å². The molecule has 1 aliphatic carbocycles. The van der Waals surface area contributed by atoms with Gasteiger partial charge in [0.25, 0.3) is 0 Å². The molecule has 2 atom stereocenters. The topological polar surface area (TPSA) is 21.3 Å². The molecular weight excluding hydrogens is 246 g/mol. The summed E-state index contributed by atoms with van der Waals surface area (Å²) in [6, 6.07) is 9.58. The van der Waals surface area contributed by atoms with Gasteiger partial charge in [-0.05, 0) is 57.2 Å². The molecule has 0 saturated heterocycles. The van der Waals surface area contributed by atoms with E-state index >= 15 is 0 Å². The number of hydrogen-bond donors (Lipinski definition) is 1. The summed E-state index contributed by atoms with van der Waals surface area (Å²) in [5.41, 5.74) is 1.34. The highest BCUT2D eigenvalue weighted by molar-refractivity contribution is 5.29. The third-order valence-corrected chi connectivity index (χ3v) is 4.05. The fraction of sp³-hybridized carbons (Fsp3) is 0.667. The molecule has 0 aliphatic heterocycles. The first-order valence-electron chi connectivity index (χ1n) is 8.11. The summed E-state index contributed by atoms with van der Waals surface area (Å²) in [6.45, 7) is 8.66. The molecule has 0 aromatic heterocycles. The van der Waals surface area contributed by atoms with Crippen molar-refractivity contribution in [3.05, 3.63) is 29.8 Å². The SMILES string of the molecule is CCC(CC1CC1)NC(C)c1ccc(OC(C)C)cc1. The average molecular weight is 275 g/mol. The van der Waals surface area contributed by atoms with Gasteiger partial charge < -0.3 is 10.1 Å². The maximum absolute atomic E-state index is 5.69. The maximum atomic E-state index is 5.69. The van der Waals surface area contributed by atoms with E-state index in [-0.39, 0.29) is 6.10 Å². The number of rotatable bonds is 8. The minimum absolute atomic E-state index is 0.236. The maximum Gasteiger partial charge on any atom is 0.119 e. The van der Waals surface area contributed by atoms with Crippen molar-refractivity contribution >= 4 is 0 Å². The van der Waals surface area contributed by atoms with Crippen LogP contribution in [0.3, 0.4) is 0 Å². The van der Waals surface area contributed by atoms with Crippen molar-refractivity contribution in [2.45, 2.75) is 71.6 Å². The smallest absolute Gasteiger partial charge is 0.119 e. The summed E-state index contributed by atoms with van der Waals surface area (Å²) in [7, 11) is 0. The molecule has 20 heavy (non-hydrogen) atoms. The van der Waals surface area contributed by atoms with Crippen LogP contribution in [0.5, 0.6) is 5.75 Å². The monoisotopic (exact) mass is 275 g/mol. The van der Waals surface area contributed by atoms with Crippen LogP contribution in [0.4, 0.5) is 0 Å². The lowest BCUT2D eigenvalue weighted by Gasteiger charge is -2.23.